The Labute approximate surface area is 157 Å². The Morgan fingerprint density at radius 3 is 2.42 bits per heavy atom. The second kappa shape index (κ2) is 7.62. The van der Waals surface area contributed by atoms with E-state index in [9.17, 15) is 4.79 Å². The van der Waals surface area contributed by atoms with Crippen molar-refractivity contribution in [2.75, 3.05) is 14.2 Å². The van der Waals surface area contributed by atoms with Gasteiger partial charge in [0.15, 0.2) is 0 Å². The Morgan fingerprint density at radius 2 is 1.81 bits per heavy atom. The number of carbonyl (C=O) groups is 1. The number of nitrogens with zero attached hydrogens (tertiary/aromatic N) is 3. The fourth-order valence-corrected chi connectivity index (χ4v) is 3.10. The summed E-state index contributed by atoms with van der Waals surface area (Å²) >= 11 is 6.48. The molecule has 0 aliphatic carbocycles. The zero-order chi connectivity index (χ0) is 18.7. The van der Waals surface area contributed by atoms with E-state index in [1.807, 2.05) is 54.6 Å². The van der Waals surface area contributed by atoms with Gasteiger partial charge in [0.05, 0.1) is 24.1 Å². The number of amides is 1. The lowest BCUT2D eigenvalue weighted by Crippen LogP contribution is -2.26. The normalized spacial score (nSPS) is 10.6. The first kappa shape index (κ1) is 18.0. The molecular weight excluding hydrogens is 350 g/mol. The van der Waals surface area contributed by atoms with Gasteiger partial charge in [-0.3, -0.25) is 4.79 Å². The van der Waals surface area contributed by atoms with E-state index in [1.54, 1.807) is 30.7 Å². The monoisotopic (exact) mass is 369 g/mol. The molecule has 0 saturated heterocycles. The third-order valence-corrected chi connectivity index (χ3v) is 4.49. The molecule has 3 rings (SSSR count). The number of hydrogen-bond acceptors (Lipinski definition) is 3. The molecule has 0 aliphatic heterocycles. The topological polar surface area (TPSA) is 47.4 Å². The number of rotatable bonds is 5. The van der Waals surface area contributed by atoms with Gasteiger partial charge >= 0.3 is 0 Å². The molecule has 1 heterocycles. The van der Waals surface area contributed by atoms with Crippen molar-refractivity contribution in [2.24, 2.45) is 0 Å². The van der Waals surface area contributed by atoms with Crippen molar-refractivity contribution in [2.45, 2.75) is 13.5 Å². The summed E-state index contributed by atoms with van der Waals surface area (Å²) in [6.07, 6.45) is 0. The molecule has 1 aromatic heterocycles. The van der Waals surface area contributed by atoms with Crippen molar-refractivity contribution < 1.29 is 9.53 Å². The third-order valence-electron chi connectivity index (χ3n) is 4.14. The van der Waals surface area contributed by atoms with Crippen LogP contribution in [0.4, 0.5) is 0 Å². The van der Waals surface area contributed by atoms with Gasteiger partial charge in [-0.05, 0) is 36.8 Å². The Morgan fingerprint density at radius 1 is 1.15 bits per heavy atom. The second-order valence-electron chi connectivity index (χ2n) is 6.01. The maximum Gasteiger partial charge on any atom is 0.258 e. The molecule has 0 aliphatic rings. The van der Waals surface area contributed by atoms with Crippen LogP contribution in [0, 0.1) is 6.92 Å². The summed E-state index contributed by atoms with van der Waals surface area (Å²) in [5.74, 6) is 0.622. The molecule has 134 valence electrons. The number of carbonyl (C=O) groups excluding carboxylic acids is 1. The van der Waals surface area contributed by atoms with Crippen LogP contribution in [0.3, 0.4) is 0 Å². The predicted molar refractivity (Wildman–Crippen MR) is 102 cm³/mol. The second-order valence-corrected chi connectivity index (χ2v) is 6.37. The maximum atomic E-state index is 12.9. The third kappa shape index (κ3) is 3.58. The summed E-state index contributed by atoms with van der Waals surface area (Å²) in [7, 11) is 3.38. The minimum absolute atomic E-state index is 0.162. The first-order valence-electron chi connectivity index (χ1n) is 8.20. The van der Waals surface area contributed by atoms with Crippen LogP contribution in [0.5, 0.6) is 5.75 Å². The van der Waals surface area contributed by atoms with Gasteiger partial charge in [-0.25, -0.2) is 4.68 Å². The highest BCUT2D eigenvalue weighted by Crippen LogP contribution is 2.25. The molecule has 0 N–H and O–H groups in total. The van der Waals surface area contributed by atoms with Crippen molar-refractivity contribution in [1.82, 2.24) is 14.7 Å². The van der Waals surface area contributed by atoms with Crippen LogP contribution >= 0.6 is 11.6 Å². The number of ether oxygens (including phenoxy) is 1. The van der Waals surface area contributed by atoms with Gasteiger partial charge in [0.2, 0.25) is 0 Å². The largest absolute Gasteiger partial charge is 0.497 e. The molecule has 0 unspecified atom stereocenters. The van der Waals surface area contributed by atoms with Gasteiger partial charge < -0.3 is 9.64 Å². The smallest absolute Gasteiger partial charge is 0.258 e. The summed E-state index contributed by atoms with van der Waals surface area (Å²) in [5.41, 5.74) is 2.85. The zero-order valence-corrected chi connectivity index (χ0v) is 15.7. The minimum atomic E-state index is -0.162. The van der Waals surface area contributed by atoms with Crippen molar-refractivity contribution in [3.05, 3.63) is 76.6 Å². The summed E-state index contributed by atoms with van der Waals surface area (Å²) < 4.78 is 6.75. The molecule has 0 radical (unpaired) electrons. The number of hydrogen-bond donors (Lipinski definition) is 0. The lowest BCUT2D eigenvalue weighted by atomic mass is 10.2. The first-order valence-corrected chi connectivity index (χ1v) is 8.58. The quantitative estimate of drug-likeness (QED) is 0.679. The molecule has 5 nitrogen and oxygen atoms in total. The predicted octanol–water partition coefficient (Wildman–Crippen LogP) is 4.11. The van der Waals surface area contributed by atoms with Crippen molar-refractivity contribution in [1.29, 1.82) is 0 Å². The van der Waals surface area contributed by atoms with Crippen molar-refractivity contribution >= 4 is 17.5 Å². The fraction of sp³-hybridized carbons (Fsp3) is 0.200. The molecule has 26 heavy (non-hydrogen) atoms. The van der Waals surface area contributed by atoms with Crippen LogP contribution in [-0.2, 0) is 6.54 Å². The number of aromatic nitrogens is 2. The van der Waals surface area contributed by atoms with E-state index in [2.05, 4.69) is 5.10 Å². The number of benzene rings is 2. The standard InChI is InChI=1S/C20H20ClN3O2/c1-14-18(19(21)24(22-14)16-7-5-4-6-8-16)20(25)23(2)13-15-9-11-17(26-3)12-10-15/h4-12H,13H2,1-3H3. The molecule has 0 atom stereocenters. The lowest BCUT2D eigenvalue weighted by molar-refractivity contribution is 0.0784. The molecular formula is C20H20ClN3O2. The molecule has 6 heteroatoms. The van der Waals surface area contributed by atoms with Gasteiger partial charge in [0.1, 0.15) is 10.9 Å². The van der Waals surface area contributed by atoms with Crippen LogP contribution < -0.4 is 4.74 Å². The first-order chi connectivity index (χ1) is 12.5. The van der Waals surface area contributed by atoms with Gasteiger partial charge in [-0.15, -0.1) is 0 Å². The van der Waals surface area contributed by atoms with Gasteiger partial charge in [-0.1, -0.05) is 41.9 Å². The van der Waals surface area contributed by atoms with Crippen molar-refractivity contribution in [3.63, 3.8) is 0 Å². The summed E-state index contributed by atoms with van der Waals surface area (Å²) in [5, 5.41) is 4.75. The molecule has 0 bridgehead atoms. The van der Waals surface area contributed by atoms with E-state index >= 15 is 0 Å². The van der Waals surface area contributed by atoms with E-state index < -0.39 is 0 Å². The van der Waals surface area contributed by atoms with Gasteiger partial charge in [-0.2, -0.15) is 5.10 Å². The number of aryl methyl sites for hydroxylation is 1. The van der Waals surface area contributed by atoms with E-state index in [0.29, 0.717) is 23.0 Å². The molecule has 0 saturated carbocycles. The van der Waals surface area contributed by atoms with Crippen LogP contribution in [-0.4, -0.2) is 34.7 Å². The van der Waals surface area contributed by atoms with Crippen LogP contribution in [0.25, 0.3) is 5.69 Å². The fourth-order valence-electron chi connectivity index (χ4n) is 2.75. The Hall–Kier alpha value is -2.79. The van der Waals surface area contributed by atoms with Crippen LogP contribution in [0.2, 0.25) is 5.15 Å². The lowest BCUT2D eigenvalue weighted by Gasteiger charge is -2.17. The van der Waals surface area contributed by atoms with E-state index in [1.165, 1.54) is 0 Å². The highest BCUT2D eigenvalue weighted by Gasteiger charge is 2.23. The van der Waals surface area contributed by atoms with Gasteiger partial charge in [0, 0.05) is 13.6 Å². The zero-order valence-electron chi connectivity index (χ0n) is 14.9. The summed E-state index contributed by atoms with van der Waals surface area (Å²) in [6.45, 7) is 2.26. The average Bonchev–Trinajstić information content (AvgIpc) is 2.96. The molecule has 3 aromatic rings. The Kier molecular flexibility index (Phi) is 5.28. The highest BCUT2D eigenvalue weighted by atomic mass is 35.5. The van der Waals surface area contributed by atoms with E-state index in [0.717, 1.165) is 17.0 Å². The van der Waals surface area contributed by atoms with Gasteiger partial charge in [0.25, 0.3) is 5.91 Å². The average molecular weight is 370 g/mol. The molecule has 0 spiro atoms. The molecule has 1 amide bonds. The summed E-state index contributed by atoms with van der Waals surface area (Å²) in [4.78, 5) is 14.6. The molecule has 2 aromatic carbocycles. The maximum absolute atomic E-state index is 12.9. The van der Waals surface area contributed by atoms with Crippen molar-refractivity contribution in [3.8, 4) is 11.4 Å². The van der Waals surface area contributed by atoms with E-state index in [4.69, 9.17) is 16.3 Å². The minimum Gasteiger partial charge on any atom is -0.497 e. The van der Waals surface area contributed by atoms with Crippen LogP contribution in [0.15, 0.2) is 54.6 Å². The Balaban J connectivity index is 1.83. The summed E-state index contributed by atoms with van der Waals surface area (Å²) in [6, 6.07) is 17.1. The SMILES string of the molecule is COc1ccc(CN(C)C(=O)c2c(C)nn(-c3ccccc3)c2Cl)cc1. The number of para-hydroxylation sites is 1. The van der Waals surface area contributed by atoms with Crippen LogP contribution in [0.1, 0.15) is 21.6 Å². The highest BCUT2D eigenvalue weighted by molar-refractivity contribution is 6.33. The molecule has 0 fully saturated rings. The Bertz CT molecular complexity index is 905. The van der Waals surface area contributed by atoms with E-state index in [-0.39, 0.29) is 5.91 Å². The number of halogens is 1. The number of methoxy groups -OCH3 is 1.